The molecule has 0 aromatic carbocycles. The van der Waals surface area contributed by atoms with Crippen LogP contribution in [0.25, 0.3) is 0 Å². The van der Waals surface area contributed by atoms with Crippen molar-refractivity contribution in [3.8, 4) is 0 Å². The Kier molecular flexibility index (Phi) is 3.62. The zero-order valence-corrected chi connectivity index (χ0v) is 11.5. The molecular weight excluding hydrogens is 220 g/mol. The van der Waals surface area contributed by atoms with Gasteiger partial charge < -0.3 is 10.6 Å². The van der Waals surface area contributed by atoms with E-state index in [1.165, 1.54) is 0 Å². The highest BCUT2D eigenvalue weighted by atomic mass is 32.1. The fourth-order valence-electron chi connectivity index (χ4n) is 1.82. The Morgan fingerprint density at radius 2 is 1.75 bits per heavy atom. The molecule has 2 N–H and O–H groups in total. The molecule has 1 saturated heterocycles. The van der Waals surface area contributed by atoms with Crippen LogP contribution in [0.5, 0.6) is 0 Å². The number of piperidine rings is 1. The van der Waals surface area contributed by atoms with Gasteiger partial charge in [0.05, 0.1) is 10.4 Å². The number of amides is 1. The summed E-state index contributed by atoms with van der Waals surface area (Å²) in [5.41, 5.74) is 5.25. The van der Waals surface area contributed by atoms with E-state index < -0.39 is 5.41 Å². The minimum Gasteiger partial charge on any atom is -0.392 e. The van der Waals surface area contributed by atoms with Crippen molar-refractivity contribution in [3.63, 3.8) is 0 Å². The van der Waals surface area contributed by atoms with Crippen molar-refractivity contribution in [3.05, 3.63) is 0 Å². The van der Waals surface area contributed by atoms with Crippen molar-refractivity contribution >= 4 is 23.1 Å². The van der Waals surface area contributed by atoms with E-state index in [1.807, 2.05) is 4.90 Å². The van der Waals surface area contributed by atoms with Gasteiger partial charge in [-0.1, -0.05) is 26.1 Å². The molecule has 1 fully saturated rings. The molecule has 0 spiro atoms. The van der Waals surface area contributed by atoms with E-state index in [0.29, 0.717) is 5.41 Å². The molecule has 0 aromatic heterocycles. The molecule has 1 heterocycles. The standard InChI is InChI=1S/C12H22N2OS/c1-11(2)5-7-14(8-6-11)10(15)12(3,4)9(13)16/h5-8H2,1-4H3,(H2,13,16). The number of thiocarbonyl (C=S) groups is 1. The lowest BCUT2D eigenvalue weighted by molar-refractivity contribution is -0.139. The maximum atomic E-state index is 12.2. The van der Waals surface area contributed by atoms with Gasteiger partial charge in [-0.05, 0) is 32.1 Å². The molecule has 0 aliphatic carbocycles. The summed E-state index contributed by atoms with van der Waals surface area (Å²) < 4.78 is 0. The summed E-state index contributed by atoms with van der Waals surface area (Å²) in [6.07, 6.45) is 2.10. The molecule has 4 heteroatoms. The lowest BCUT2D eigenvalue weighted by atomic mass is 9.81. The van der Waals surface area contributed by atoms with E-state index in [1.54, 1.807) is 13.8 Å². The molecular formula is C12H22N2OS. The molecule has 16 heavy (non-hydrogen) atoms. The van der Waals surface area contributed by atoms with Crippen molar-refractivity contribution < 1.29 is 4.79 Å². The Balaban J connectivity index is 2.68. The Hall–Kier alpha value is -0.640. The lowest BCUT2D eigenvalue weighted by Crippen LogP contribution is -2.50. The van der Waals surface area contributed by atoms with Crippen molar-refractivity contribution in [2.75, 3.05) is 13.1 Å². The lowest BCUT2D eigenvalue weighted by Gasteiger charge is -2.40. The summed E-state index contributed by atoms with van der Waals surface area (Å²) in [7, 11) is 0. The van der Waals surface area contributed by atoms with E-state index >= 15 is 0 Å². The molecule has 1 aliphatic heterocycles. The fourth-order valence-corrected chi connectivity index (χ4v) is 1.90. The first-order valence-corrected chi connectivity index (χ1v) is 6.17. The maximum absolute atomic E-state index is 12.2. The van der Waals surface area contributed by atoms with Gasteiger partial charge in [0.25, 0.3) is 0 Å². The van der Waals surface area contributed by atoms with Crippen LogP contribution in [0.1, 0.15) is 40.5 Å². The monoisotopic (exact) mass is 242 g/mol. The molecule has 0 unspecified atom stereocenters. The van der Waals surface area contributed by atoms with Gasteiger partial charge >= 0.3 is 0 Å². The molecule has 0 atom stereocenters. The van der Waals surface area contributed by atoms with Gasteiger partial charge in [0.15, 0.2) is 0 Å². The number of hydrogen-bond donors (Lipinski definition) is 1. The molecule has 0 bridgehead atoms. The molecule has 0 radical (unpaired) electrons. The molecule has 3 nitrogen and oxygen atoms in total. The summed E-state index contributed by atoms with van der Waals surface area (Å²) >= 11 is 4.95. The summed E-state index contributed by atoms with van der Waals surface area (Å²) in [4.78, 5) is 14.4. The largest absolute Gasteiger partial charge is 0.392 e. The van der Waals surface area contributed by atoms with Gasteiger partial charge in [-0.15, -0.1) is 0 Å². The highest BCUT2D eigenvalue weighted by molar-refractivity contribution is 7.80. The topological polar surface area (TPSA) is 46.3 Å². The third-order valence-corrected chi connectivity index (χ3v) is 4.07. The number of nitrogens with zero attached hydrogens (tertiary/aromatic N) is 1. The first-order chi connectivity index (χ1) is 7.17. The predicted molar refractivity (Wildman–Crippen MR) is 70.2 cm³/mol. The number of rotatable bonds is 2. The second kappa shape index (κ2) is 4.32. The molecule has 0 aromatic rings. The Morgan fingerprint density at radius 3 is 2.12 bits per heavy atom. The van der Waals surface area contributed by atoms with Gasteiger partial charge in [0, 0.05) is 13.1 Å². The Labute approximate surface area is 103 Å². The van der Waals surface area contributed by atoms with Crippen LogP contribution in [0.3, 0.4) is 0 Å². The number of hydrogen-bond acceptors (Lipinski definition) is 2. The first-order valence-electron chi connectivity index (χ1n) is 5.76. The van der Waals surface area contributed by atoms with Crippen molar-refractivity contribution in [2.24, 2.45) is 16.6 Å². The van der Waals surface area contributed by atoms with E-state index in [9.17, 15) is 4.79 Å². The first kappa shape index (κ1) is 13.4. The Bertz CT molecular complexity index is 300. The molecule has 1 rings (SSSR count). The number of likely N-dealkylation sites (tertiary alicyclic amines) is 1. The SMILES string of the molecule is CC1(C)CCN(C(=O)C(C)(C)C(N)=S)CC1. The van der Waals surface area contributed by atoms with Crippen molar-refractivity contribution in [1.82, 2.24) is 4.90 Å². The minimum atomic E-state index is -0.711. The van der Waals surface area contributed by atoms with Crippen LogP contribution in [0.15, 0.2) is 0 Å². The van der Waals surface area contributed by atoms with Crippen LogP contribution < -0.4 is 5.73 Å². The number of carbonyl (C=O) groups is 1. The van der Waals surface area contributed by atoms with Crippen LogP contribution in [0.2, 0.25) is 0 Å². The van der Waals surface area contributed by atoms with Crippen LogP contribution in [0.4, 0.5) is 0 Å². The predicted octanol–water partition coefficient (Wildman–Crippen LogP) is 1.95. The average Bonchev–Trinajstić information content (AvgIpc) is 2.16. The van der Waals surface area contributed by atoms with Crippen LogP contribution >= 0.6 is 12.2 Å². The third kappa shape index (κ3) is 2.73. The van der Waals surface area contributed by atoms with Gasteiger partial charge in [0.2, 0.25) is 5.91 Å². The molecule has 1 amide bonds. The van der Waals surface area contributed by atoms with E-state index in [4.69, 9.17) is 18.0 Å². The highest BCUT2D eigenvalue weighted by Gasteiger charge is 2.37. The quantitative estimate of drug-likeness (QED) is 0.753. The number of nitrogens with two attached hydrogens (primary N) is 1. The second-order valence-electron chi connectivity index (χ2n) is 5.95. The average molecular weight is 242 g/mol. The van der Waals surface area contributed by atoms with Crippen molar-refractivity contribution in [2.45, 2.75) is 40.5 Å². The zero-order valence-electron chi connectivity index (χ0n) is 10.7. The summed E-state index contributed by atoms with van der Waals surface area (Å²) in [5, 5.41) is 0. The third-order valence-electron chi connectivity index (χ3n) is 3.55. The van der Waals surface area contributed by atoms with Crippen LogP contribution in [0, 0.1) is 10.8 Å². The van der Waals surface area contributed by atoms with E-state index in [-0.39, 0.29) is 10.9 Å². The highest BCUT2D eigenvalue weighted by Crippen LogP contribution is 2.31. The molecule has 92 valence electrons. The van der Waals surface area contributed by atoms with Crippen molar-refractivity contribution in [1.29, 1.82) is 0 Å². The number of carbonyl (C=O) groups excluding carboxylic acids is 1. The summed E-state index contributed by atoms with van der Waals surface area (Å²) in [6, 6.07) is 0. The molecule has 1 aliphatic rings. The maximum Gasteiger partial charge on any atom is 0.235 e. The van der Waals surface area contributed by atoms with Gasteiger partial charge in [0.1, 0.15) is 0 Å². The van der Waals surface area contributed by atoms with E-state index in [2.05, 4.69) is 13.8 Å². The van der Waals surface area contributed by atoms with Crippen LogP contribution in [-0.4, -0.2) is 28.9 Å². The minimum absolute atomic E-state index is 0.0653. The smallest absolute Gasteiger partial charge is 0.235 e. The summed E-state index contributed by atoms with van der Waals surface area (Å²) in [5.74, 6) is 0.0653. The fraction of sp³-hybridized carbons (Fsp3) is 0.833. The van der Waals surface area contributed by atoms with E-state index in [0.717, 1.165) is 25.9 Å². The second-order valence-corrected chi connectivity index (χ2v) is 6.39. The van der Waals surface area contributed by atoms with Crippen LogP contribution in [-0.2, 0) is 4.79 Å². The molecule has 0 saturated carbocycles. The van der Waals surface area contributed by atoms with Gasteiger partial charge in [-0.25, -0.2) is 0 Å². The Morgan fingerprint density at radius 1 is 1.31 bits per heavy atom. The van der Waals surface area contributed by atoms with Gasteiger partial charge in [-0.3, -0.25) is 4.79 Å². The zero-order chi connectivity index (χ0) is 12.6. The normalized spacial score (nSPS) is 20.6. The summed E-state index contributed by atoms with van der Waals surface area (Å²) in [6.45, 7) is 9.73. The van der Waals surface area contributed by atoms with Gasteiger partial charge in [-0.2, -0.15) is 0 Å².